The molecule has 7 nitrogen and oxygen atoms in total. The van der Waals surface area contributed by atoms with Crippen LogP contribution in [0.5, 0.6) is 0 Å². The monoisotopic (exact) mass is 392 g/mol. The molecule has 1 N–H and O–H groups in total. The van der Waals surface area contributed by atoms with Crippen LogP contribution in [-0.2, 0) is 6.54 Å². The first kappa shape index (κ1) is 18.2. The highest BCUT2D eigenvalue weighted by atomic mass is 35.5. The van der Waals surface area contributed by atoms with Crippen molar-refractivity contribution in [2.24, 2.45) is 5.10 Å². The molecule has 0 aliphatic rings. The lowest BCUT2D eigenvalue weighted by Gasteiger charge is -2.03. The zero-order chi connectivity index (χ0) is 18.8. The second kappa shape index (κ2) is 7.30. The smallest absolute Gasteiger partial charge is 0.265 e. The Morgan fingerprint density at radius 1 is 1.31 bits per heavy atom. The van der Waals surface area contributed by atoms with Crippen LogP contribution >= 0.6 is 23.8 Å². The molecule has 0 atom stereocenters. The summed E-state index contributed by atoms with van der Waals surface area (Å²) in [5.41, 5.74) is 1.87. The number of benzene rings is 1. The van der Waals surface area contributed by atoms with Gasteiger partial charge in [-0.05, 0) is 43.8 Å². The Kier molecular flexibility index (Phi) is 5.10. The van der Waals surface area contributed by atoms with Crippen molar-refractivity contribution in [2.75, 3.05) is 0 Å². The standard InChI is InChI=1S/C16H14ClFN6OS/c1-9-13(7-19-24-15(25)10(2)20-21-16(24)26)14(17)23(22-9)8-11-3-5-12(18)6-4-11/h3-7H,8H2,1-2H3,(H,21,26). The average molecular weight is 393 g/mol. The summed E-state index contributed by atoms with van der Waals surface area (Å²) in [6, 6.07) is 6.08. The Morgan fingerprint density at radius 2 is 2.00 bits per heavy atom. The first-order valence-electron chi connectivity index (χ1n) is 7.57. The number of nitrogens with zero attached hydrogens (tertiary/aromatic N) is 5. The fourth-order valence-corrected chi connectivity index (χ4v) is 2.73. The molecule has 0 aliphatic heterocycles. The minimum Gasteiger partial charge on any atom is -0.265 e. The normalized spacial score (nSPS) is 11.4. The van der Waals surface area contributed by atoms with Gasteiger partial charge in [0.1, 0.15) is 16.7 Å². The molecule has 0 amide bonds. The summed E-state index contributed by atoms with van der Waals surface area (Å²) in [6.45, 7) is 3.70. The van der Waals surface area contributed by atoms with Crippen molar-refractivity contribution in [1.29, 1.82) is 0 Å². The lowest BCUT2D eigenvalue weighted by molar-refractivity contribution is 0.624. The number of aryl methyl sites for hydroxylation is 2. The summed E-state index contributed by atoms with van der Waals surface area (Å²) < 4.78 is 15.7. The van der Waals surface area contributed by atoms with Crippen LogP contribution in [0.2, 0.25) is 5.15 Å². The number of aromatic amines is 1. The number of rotatable bonds is 4. The van der Waals surface area contributed by atoms with Crippen LogP contribution in [0.25, 0.3) is 0 Å². The summed E-state index contributed by atoms with van der Waals surface area (Å²) >= 11 is 11.4. The predicted octanol–water partition coefficient (Wildman–Crippen LogP) is 2.84. The third-order valence-corrected chi connectivity index (χ3v) is 4.33. The molecule has 0 spiro atoms. The van der Waals surface area contributed by atoms with E-state index in [1.165, 1.54) is 18.3 Å². The molecular formula is C16H14ClFN6OS. The summed E-state index contributed by atoms with van der Waals surface area (Å²) in [7, 11) is 0. The Labute approximate surface area is 157 Å². The largest absolute Gasteiger partial charge is 0.296 e. The van der Waals surface area contributed by atoms with E-state index >= 15 is 0 Å². The Balaban J connectivity index is 1.94. The minimum absolute atomic E-state index is 0.0735. The number of hydrogen-bond donors (Lipinski definition) is 1. The van der Waals surface area contributed by atoms with Gasteiger partial charge in [-0.25, -0.2) is 9.07 Å². The quantitative estimate of drug-likeness (QED) is 0.547. The summed E-state index contributed by atoms with van der Waals surface area (Å²) in [6.07, 6.45) is 1.43. The number of hydrogen-bond acceptors (Lipinski definition) is 5. The lowest BCUT2D eigenvalue weighted by Crippen LogP contribution is -2.22. The van der Waals surface area contributed by atoms with Crippen molar-refractivity contribution in [2.45, 2.75) is 20.4 Å². The molecule has 2 heterocycles. The molecule has 3 rings (SSSR count). The topological polar surface area (TPSA) is 80.9 Å². The van der Waals surface area contributed by atoms with Gasteiger partial charge in [0.15, 0.2) is 0 Å². The molecule has 26 heavy (non-hydrogen) atoms. The van der Waals surface area contributed by atoms with Crippen LogP contribution < -0.4 is 5.56 Å². The number of H-pyrrole nitrogens is 1. The van der Waals surface area contributed by atoms with E-state index in [2.05, 4.69) is 20.4 Å². The number of aromatic nitrogens is 5. The Hall–Kier alpha value is -2.65. The van der Waals surface area contributed by atoms with Crippen molar-refractivity contribution < 1.29 is 4.39 Å². The average Bonchev–Trinajstić information content (AvgIpc) is 2.87. The van der Waals surface area contributed by atoms with Crippen LogP contribution in [0.1, 0.15) is 22.5 Å². The second-order valence-electron chi connectivity index (χ2n) is 5.55. The molecule has 0 saturated heterocycles. The second-order valence-corrected chi connectivity index (χ2v) is 6.29. The first-order valence-corrected chi connectivity index (χ1v) is 8.35. The molecule has 0 radical (unpaired) electrons. The summed E-state index contributed by atoms with van der Waals surface area (Å²) in [4.78, 5) is 12.1. The van der Waals surface area contributed by atoms with Gasteiger partial charge < -0.3 is 0 Å². The molecule has 0 saturated carbocycles. The maximum absolute atomic E-state index is 13.0. The fraction of sp³-hybridized carbons (Fsp3) is 0.188. The van der Waals surface area contributed by atoms with Gasteiger partial charge in [-0.1, -0.05) is 23.7 Å². The van der Waals surface area contributed by atoms with Crippen molar-refractivity contribution in [1.82, 2.24) is 24.7 Å². The molecule has 2 aromatic heterocycles. The van der Waals surface area contributed by atoms with Crippen LogP contribution in [0.4, 0.5) is 4.39 Å². The zero-order valence-corrected chi connectivity index (χ0v) is 15.5. The van der Waals surface area contributed by atoms with Gasteiger partial charge in [0, 0.05) is 0 Å². The predicted molar refractivity (Wildman–Crippen MR) is 98.9 cm³/mol. The Morgan fingerprint density at radius 3 is 2.69 bits per heavy atom. The van der Waals surface area contributed by atoms with Crippen molar-refractivity contribution in [3.05, 3.63) is 72.9 Å². The summed E-state index contributed by atoms with van der Waals surface area (Å²) in [5.74, 6) is -0.307. The van der Waals surface area contributed by atoms with Crippen LogP contribution in [0.3, 0.4) is 0 Å². The Bertz CT molecular complexity index is 1100. The highest BCUT2D eigenvalue weighted by molar-refractivity contribution is 7.71. The van der Waals surface area contributed by atoms with Crippen molar-refractivity contribution in [3.63, 3.8) is 0 Å². The van der Waals surface area contributed by atoms with Gasteiger partial charge in [-0.15, -0.1) is 0 Å². The molecule has 1 aromatic carbocycles. The number of halogens is 2. The van der Waals surface area contributed by atoms with Crippen LogP contribution in [0.15, 0.2) is 34.2 Å². The van der Waals surface area contributed by atoms with E-state index in [0.717, 1.165) is 10.2 Å². The summed E-state index contributed by atoms with van der Waals surface area (Å²) in [5, 5.41) is 15.2. The van der Waals surface area contributed by atoms with Gasteiger partial charge in [0.05, 0.1) is 24.0 Å². The molecule has 10 heteroatoms. The van der Waals surface area contributed by atoms with Gasteiger partial charge in [0.25, 0.3) is 5.56 Å². The zero-order valence-electron chi connectivity index (χ0n) is 13.9. The third kappa shape index (κ3) is 3.63. The van der Waals surface area contributed by atoms with E-state index in [1.807, 2.05) is 0 Å². The molecule has 0 unspecified atom stereocenters. The molecule has 0 aliphatic carbocycles. The van der Waals surface area contributed by atoms with E-state index in [9.17, 15) is 9.18 Å². The molecule has 3 aromatic rings. The van der Waals surface area contributed by atoms with Gasteiger partial charge in [-0.2, -0.15) is 20.0 Å². The van der Waals surface area contributed by atoms with Gasteiger partial charge in [-0.3, -0.25) is 9.89 Å². The van der Waals surface area contributed by atoms with E-state index in [4.69, 9.17) is 23.8 Å². The fourth-order valence-electron chi connectivity index (χ4n) is 2.27. The maximum atomic E-state index is 13.0. The van der Waals surface area contributed by atoms with Crippen molar-refractivity contribution >= 4 is 30.0 Å². The molecule has 0 bridgehead atoms. The minimum atomic E-state index is -0.419. The first-order chi connectivity index (χ1) is 12.4. The SMILES string of the molecule is Cc1nn(Cc2ccc(F)cc2)c(Cl)c1C=Nn1c(=S)[nH]nc(C)c1=O. The van der Waals surface area contributed by atoms with E-state index in [1.54, 1.807) is 30.7 Å². The van der Waals surface area contributed by atoms with Crippen molar-refractivity contribution in [3.8, 4) is 0 Å². The maximum Gasteiger partial charge on any atom is 0.296 e. The van der Waals surface area contributed by atoms with Crippen LogP contribution in [-0.4, -0.2) is 30.9 Å². The highest BCUT2D eigenvalue weighted by Gasteiger charge is 2.12. The van der Waals surface area contributed by atoms with Gasteiger partial charge in [0.2, 0.25) is 4.77 Å². The van der Waals surface area contributed by atoms with E-state index in [0.29, 0.717) is 23.0 Å². The highest BCUT2D eigenvalue weighted by Crippen LogP contribution is 2.19. The van der Waals surface area contributed by atoms with E-state index < -0.39 is 5.56 Å². The van der Waals surface area contributed by atoms with E-state index in [-0.39, 0.29) is 16.3 Å². The third-order valence-electron chi connectivity index (χ3n) is 3.67. The van der Waals surface area contributed by atoms with Crippen LogP contribution in [0, 0.1) is 24.4 Å². The number of nitrogens with one attached hydrogen (secondary N) is 1. The molecule has 134 valence electrons. The van der Waals surface area contributed by atoms with Gasteiger partial charge >= 0.3 is 0 Å². The lowest BCUT2D eigenvalue weighted by atomic mass is 10.2. The molecular weight excluding hydrogens is 379 g/mol. The molecule has 0 fully saturated rings.